The van der Waals surface area contributed by atoms with Gasteiger partial charge in [0.2, 0.25) is 0 Å². The van der Waals surface area contributed by atoms with Crippen LogP contribution in [0, 0.1) is 19.9 Å². The molecular weight excluding hydrogens is 258 g/mol. The molecule has 1 heterocycles. The minimum Gasteiger partial charge on any atom is -0.457 e. The van der Waals surface area contributed by atoms with Gasteiger partial charge >= 0.3 is 0 Å². The van der Waals surface area contributed by atoms with Gasteiger partial charge in [0.1, 0.15) is 11.5 Å². The van der Waals surface area contributed by atoms with E-state index < -0.39 is 0 Å². The van der Waals surface area contributed by atoms with Crippen LogP contribution in [0.4, 0.5) is 0 Å². The molecule has 1 N–H and O–H groups in total. The Morgan fingerprint density at radius 2 is 1.90 bits per heavy atom. The monoisotopic (exact) mass is 278 g/mol. The first-order chi connectivity index (χ1) is 10.2. The highest BCUT2D eigenvalue weighted by Gasteiger charge is 2.08. The first-order valence-electron chi connectivity index (χ1n) is 7.44. The van der Waals surface area contributed by atoms with Crippen molar-refractivity contribution in [1.82, 2.24) is 4.98 Å². The molecule has 107 valence electrons. The highest BCUT2D eigenvalue weighted by Crippen LogP contribution is 2.31. The van der Waals surface area contributed by atoms with Crippen LogP contribution in [0.15, 0.2) is 36.5 Å². The fraction of sp³-hybridized carbons (Fsp3) is 0.263. The lowest BCUT2D eigenvalue weighted by Crippen LogP contribution is -1.91. The van der Waals surface area contributed by atoms with Gasteiger partial charge in [0.05, 0.1) is 0 Å². The summed E-state index contributed by atoms with van der Waals surface area (Å²) in [5, 5.41) is 1.26. The number of hydrogen-bond acceptors (Lipinski definition) is 1. The van der Waals surface area contributed by atoms with Crippen LogP contribution in [-0.4, -0.2) is 4.98 Å². The number of fused-ring (bicyclic) bond motifs is 1. The predicted octanol–water partition coefficient (Wildman–Crippen LogP) is 5.33. The average molecular weight is 278 g/mol. The van der Waals surface area contributed by atoms with Gasteiger partial charge in [-0.05, 0) is 73.4 Å². The third kappa shape index (κ3) is 2.66. The fourth-order valence-corrected chi connectivity index (χ4v) is 2.71. The molecule has 1 radical (unpaired) electrons. The average Bonchev–Trinajstić information content (AvgIpc) is 2.86. The second-order valence-corrected chi connectivity index (χ2v) is 5.52. The van der Waals surface area contributed by atoms with Gasteiger partial charge in [-0.15, -0.1) is 0 Å². The summed E-state index contributed by atoms with van der Waals surface area (Å²) >= 11 is 0. The van der Waals surface area contributed by atoms with Crippen molar-refractivity contribution in [2.75, 3.05) is 0 Å². The van der Waals surface area contributed by atoms with Crippen molar-refractivity contribution in [3.8, 4) is 11.5 Å². The first-order valence-corrected chi connectivity index (χ1v) is 7.44. The minimum absolute atomic E-state index is 0.886. The van der Waals surface area contributed by atoms with E-state index in [0.717, 1.165) is 35.5 Å². The van der Waals surface area contributed by atoms with Crippen molar-refractivity contribution in [2.24, 2.45) is 0 Å². The summed E-state index contributed by atoms with van der Waals surface area (Å²) in [6.45, 7) is 6.30. The zero-order chi connectivity index (χ0) is 14.8. The van der Waals surface area contributed by atoms with Crippen LogP contribution >= 0.6 is 0 Å². The van der Waals surface area contributed by atoms with Crippen molar-refractivity contribution < 1.29 is 4.74 Å². The summed E-state index contributed by atoms with van der Waals surface area (Å²) < 4.78 is 6.12. The number of benzene rings is 2. The number of rotatable bonds is 4. The van der Waals surface area contributed by atoms with E-state index in [4.69, 9.17) is 4.74 Å². The fourth-order valence-electron chi connectivity index (χ4n) is 2.71. The number of aryl methyl sites for hydroxylation is 3. The van der Waals surface area contributed by atoms with Gasteiger partial charge in [-0.3, -0.25) is 0 Å². The molecule has 0 amide bonds. The quantitative estimate of drug-likeness (QED) is 0.685. The van der Waals surface area contributed by atoms with Crippen molar-refractivity contribution >= 4 is 10.9 Å². The first kappa shape index (κ1) is 13.7. The molecule has 1 aromatic heterocycles. The Kier molecular flexibility index (Phi) is 3.70. The molecule has 3 rings (SSSR count). The van der Waals surface area contributed by atoms with E-state index in [1.165, 1.54) is 16.5 Å². The summed E-state index contributed by atoms with van der Waals surface area (Å²) in [6, 6.07) is 13.3. The smallest absolute Gasteiger partial charge is 0.133 e. The highest BCUT2D eigenvalue weighted by molar-refractivity contribution is 5.84. The molecule has 0 aliphatic carbocycles. The third-order valence-corrected chi connectivity index (χ3v) is 3.79. The normalized spacial score (nSPS) is 11.0. The molecule has 0 saturated heterocycles. The van der Waals surface area contributed by atoms with E-state index in [9.17, 15) is 0 Å². The van der Waals surface area contributed by atoms with Crippen LogP contribution in [-0.2, 0) is 6.42 Å². The lowest BCUT2D eigenvalue weighted by molar-refractivity contribution is 0.476. The van der Waals surface area contributed by atoms with E-state index in [2.05, 4.69) is 50.2 Å². The van der Waals surface area contributed by atoms with E-state index >= 15 is 0 Å². The minimum atomic E-state index is 0.886. The number of aromatic nitrogens is 1. The Morgan fingerprint density at radius 1 is 1.14 bits per heavy atom. The van der Waals surface area contributed by atoms with Crippen LogP contribution in [0.25, 0.3) is 10.9 Å². The Labute approximate surface area is 125 Å². The highest BCUT2D eigenvalue weighted by atomic mass is 16.5. The molecule has 0 aliphatic rings. The zero-order valence-corrected chi connectivity index (χ0v) is 12.8. The number of hydrogen-bond donors (Lipinski definition) is 1. The van der Waals surface area contributed by atoms with Crippen LogP contribution in [0.2, 0.25) is 0 Å². The van der Waals surface area contributed by atoms with Gasteiger partial charge < -0.3 is 9.72 Å². The van der Waals surface area contributed by atoms with Crippen molar-refractivity contribution in [3.63, 3.8) is 0 Å². The number of ether oxygens (including phenoxy) is 1. The maximum Gasteiger partial charge on any atom is 0.133 e. The number of H-pyrrole nitrogens is 1. The third-order valence-electron chi connectivity index (χ3n) is 3.79. The van der Waals surface area contributed by atoms with E-state index in [0.29, 0.717) is 0 Å². The molecule has 0 saturated carbocycles. The van der Waals surface area contributed by atoms with Gasteiger partial charge in [0.15, 0.2) is 0 Å². The predicted molar refractivity (Wildman–Crippen MR) is 87.1 cm³/mol. The molecule has 0 aliphatic heterocycles. The molecule has 3 aromatic rings. The van der Waals surface area contributed by atoms with Crippen LogP contribution in [0.3, 0.4) is 0 Å². The molecule has 2 nitrogen and oxygen atoms in total. The second kappa shape index (κ2) is 5.65. The van der Waals surface area contributed by atoms with Gasteiger partial charge in [-0.25, -0.2) is 0 Å². The molecule has 0 spiro atoms. The van der Waals surface area contributed by atoms with E-state index in [1.54, 1.807) is 0 Å². The Morgan fingerprint density at radius 3 is 2.62 bits per heavy atom. The van der Waals surface area contributed by atoms with Gasteiger partial charge in [0, 0.05) is 17.1 Å². The van der Waals surface area contributed by atoms with Crippen LogP contribution in [0.5, 0.6) is 11.5 Å². The summed E-state index contributed by atoms with van der Waals surface area (Å²) in [7, 11) is 0. The Hall–Kier alpha value is -2.22. The molecule has 0 fully saturated rings. The molecule has 0 unspecified atom stereocenters. The molecule has 21 heavy (non-hydrogen) atoms. The molecular formula is C19H20NO. The lowest BCUT2D eigenvalue weighted by atomic mass is 10.1. The number of nitrogens with one attached hydrogen (secondary N) is 1. The topological polar surface area (TPSA) is 25.0 Å². The Balaban J connectivity index is 1.99. The van der Waals surface area contributed by atoms with Crippen LogP contribution < -0.4 is 4.74 Å². The van der Waals surface area contributed by atoms with E-state index in [-0.39, 0.29) is 0 Å². The van der Waals surface area contributed by atoms with Crippen molar-refractivity contribution in [1.29, 1.82) is 0 Å². The molecule has 2 heteroatoms. The lowest BCUT2D eigenvalue weighted by Gasteiger charge is -2.11. The maximum absolute atomic E-state index is 6.12. The largest absolute Gasteiger partial charge is 0.457 e. The standard InChI is InChI=1S/C19H20NO/c1-4-6-15-12-20-18-10-9-16(11-17(15)18)21-19-13(2)7-5-8-14(19)3/h7-12,20H,4,6H2,1-3H3. The second-order valence-electron chi connectivity index (χ2n) is 5.52. The Bertz CT molecular complexity index is 750. The molecule has 0 atom stereocenters. The SMILES string of the molecule is CCCc1c[nH]c2ccc(Oc3c(C)c[c]cc3C)cc12. The van der Waals surface area contributed by atoms with Gasteiger partial charge in [-0.1, -0.05) is 13.3 Å². The number of aromatic amines is 1. The summed E-state index contributed by atoms with van der Waals surface area (Å²) in [5.74, 6) is 1.82. The van der Waals surface area contributed by atoms with Gasteiger partial charge in [0.25, 0.3) is 0 Å². The van der Waals surface area contributed by atoms with E-state index in [1.807, 2.05) is 18.2 Å². The van der Waals surface area contributed by atoms with Gasteiger partial charge in [-0.2, -0.15) is 0 Å². The van der Waals surface area contributed by atoms with Crippen molar-refractivity contribution in [3.05, 3.63) is 59.3 Å². The molecule has 2 aromatic carbocycles. The summed E-state index contributed by atoms with van der Waals surface area (Å²) in [5.41, 5.74) is 4.74. The van der Waals surface area contributed by atoms with Crippen LogP contribution in [0.1, 0.15) is 30.0 Å². The summed E-state index contributed by atoms with van der Waals surface area (Å²) in [4.78, 5) is 3.33. The molecule has 0 bridgehead atoms. The zero-order valence-electron chi connectivity index (χ0n) is 12.8. The summed E-state index contributed by atoms with van der Waals surface area (Å²) in [6.07, 6.45) is 4.33. The van der Waals surface area contributed by atoms with Crippen molar-refractivity contribution in [2.45, 2.75) is 33.6 Å². The maximum atomic E-state index is 6.12.